The van der Waals surface area contributed by atoms with Crippen LogP contribution in [0.1, 0.15) is 0 Å². The molecule has 3 nitrogen and oxygen atoms in total. The first-order valence-electron chi connectivity index (χ1n) is 2.38. The highest BCUT2D eigenvalue weighted by Gasteiger charge is 2.05. The molecule has 0 aromatic rings. The molecule has 1 aliphatic heterocycles. The van der Waals surface area contributed by atoms with Crippen LogP contribution in [0.4, 0.5) is 0 Å². The molecule has 0 saturated carbocycles. The molecule has 0 bridgehead atoms. The largest absolute Gasteiger partial charge is 0.310 e. The van der Waals surface area contributed by atoms with Gasteiger partial charge in [0.25, 0.3) is 5.39 Å². The van der Waals surface area contributed by atoms with E-state index in [1.165, 1.54) is 5.01 Å². The maximum Gasteiger partial charge on any atom is 0.310 e. The molecular formula is C5H6N3+. The number of hydrogen-bond donors (Lipinski definition) is 0. The predicted molar refractivity (Wildman–Crippen MR) is 30.1 cm³/mol. The van der Waals surface area contributed by atoms with Crippen LogP contribution in [0.5, 0.6) is 0 Å². The molecule has 0 radical (unpaired) electrons. The monoisotopic (exact) mass is 108 g/mol. The van der Waals surface area contributed by atoms with Crippen molar-refractivity contribution in [2.24, 2.45) is 0 Å². The molecule has 0 amide bonds. The van der Waals surface area contributed by atoms with Gasteiger partial charge in [-0.05, 0) is 11.1 Å². The molecule has 0 N–H and O–H groups in total. The molecule has 0 fully saturated rings. The molecule has 3 heteroatoms. The second kappa shape index (κ2) is 2.12. The van der Waals surface area contributed by atoms with E-state index < -0.39 is 0 Å². The zero-order valence-corrected chi connectivity index (χ0v) is 4.36. The van der Waals surface area contributed by atoms with Crippen molar-refractivity contribution in [3.8, 4) is 0 Å². The van der Waals surface area contributed by atoms with Gasteiger partial charge in [0, 0.05) is 0 Å². The standard InChI is InChI=1S/C5H6N3/c6-7-8-4-2-1-3-5-8/h1-4H,5H2/q+1. The molecule has 0 atom stereocenters. The first kappa shape index (κ1) is 4.85. The van der Waals surface area contributed by atoms with Gasteiger partial charge in [-0.1, -0.05) is 12.2 Å². The van der Waals surface area contributed by atoms with Crippen molar-refractivity contribution in [1.29, 1.82) is 5.39 Å². The minimum absolute atomic E-state index is 0.660. The molecule has 0 saturated heterocycles. The molecule has 0 spiro atoms. The first-order valence-corrected chi connectivity index (χ1v) is 2.38. The van der Waals surface area contributed by atoms with Crippen molar-refractivity contribution in [3.63, 3.8) is 0 Å². The van der Waals surface area contributed by atoms with E-state index in [9.17, 15) is 0 Å². The van der Waals surface area contributed by atoms with Crippen LogP contribution in [-0.2, 0) is 0 Å². The SMILES string of the molecule is N#[N+]N1C=CC=CC1. The topological polar surface area (TPSA) is 31.4 Å². The fourth-order valence-electron chi connectivity index (χ4n) is 0.524. The highest BCUT2D eigenvalue weighted by atomic mass is 15.5. The lowest BCUT2D eigenvalue weighted by atomic mass is 10.4. The van der Waals surface area contributed by atoms with E-state index in [1.807, 2.05) is 18.2 Å². The van der Waals surface area contributed by atoms with Crippen LogP contribution < -0.4 is 0 Å². The van der Waals surface area contributed by atoms with Crippen molar-refractivity contribution in [2.45, 2.75) is 0 Å². The van der Waals surface area contributed by atoms with Gasteiger partial charge in [0.1, 0.15) is 6.54 Å². The molecule has 1 heterocycles. The average Bonchev–Trinajstić information content (AvgIpc) is 1.90. The first-order chi connectivity index (χ1) is 3.93. The van der Waals surface area contributed by atoms with Gasteiger partial charge in [0.2, 0.25) is 0 Å². The van der Waals surface area contributed by atoms with Crippen LogP contribution in [0.3, 0.4) is 0 Å². The Kier molecular flexibility index (Phi) is 1.29. The Morgan fingerprint density at radius 3 is 2.75 bits per heavy atom. The lowest BCUT2D eigenvalue weighted by molar-refractivity contribution is 0.539. The third kappa shape index (κ3) is 0.850. The average molecular weight is 108 g/mol. The molecule has 8 heavy (non-hydrogen) atoms. The van der Waals surface area contributed by atoms with Gasteiger partial charge in [0.05, 0.1) is 6.20 Å². The lowest BCUT2D eigenvalue weighted by Gasteiger charge is -1.94. The van der Waals surface area contributed by atoms with Gasteiger partial charge in [0.15, 0.2) is 0 Å². The summed E-state index contributed by atoms with van der Waals surface area (Å²) in [5, 5.41) is 12.5. The summed E-state index contributed by atoms with van der Waals surface area (Å²) in [4.78, 5) is 0. The Morgan fingerprint density at radius 1 is 1.50 bits per heavy atom. The van der Waals surface area contributed by atoms with Crippen molar-refractivity contribution >= 4 is 0 Å². The van der Waals surface area contributed by atoms with Crippen molar-refractivity contribution in [3.05, 3.63) is 29.5 Å². The number of rotatable bonds is 0. The maximum atomic E-state index is 8.16. The molecular weight excluding hydrogens is 102 g/mol. The Morgan fingerprint density at radius 2 is 2.38 bits per heavy atom. The summed E-state index contributed by atoms with van der Waals surface area (Å²) in [5.41, 5.74) is 0. The van der Waals surface area contributed by atoms with Gasteiger partial charge >= 0.3 is 5.08 Å². The van der Waals surface area contributed by atoms with Gasteiger partial charge in [-0.2, -0.15) is 0 Å². The van der Waals surface area contributed by atoms with E-state index in [4.69, 9.17) is 5.39 Å². The molecule has 0 aromatic heterocycles. The van der Waals surface area contributed by atoms with Crippen LogP contribution in [0.25, 0.3) is 5.08 Å². The molecule has 1 rings (SSSR count). The van der Waals surface area contributed by atoms with E-state index in [0.717, 1.165) is 0 Å². The van der Waals surface area contributed by atoms with Gasteiger partial charge in [-0.15, -0.1) is 0 Å². The predicted octanol–water partition coefficient (Wildman–Crippen LogP) is 1.14. The number of nitrogens with zero attached hydrogens (tertiary/aromatic N) is 3. The minimum Gasteiger partial charge on any atom is -0.0626 e. The number of diazo groups is 1. The summed E-state index contributed by atoms with van der Waals surface area (Å²) in [6, 6.07) is 0. The zero-order valence-electron chi connectivity index (χ0n) is 4.36. The fourth-order valence-corrected chi connectivity index (χ4v) is 0.524. The quantitative estimate of drug-likeness (QED) is 0.436. The summed E-state index contributed by atoms with van der Waals surface area (Å²) in [5.74, 6) is 0. The smallest absolute Gasteiger partial charge is 0.0626 e. The Hall–Kier alpha value is -1.30. The fraction of sp³-hybridized carbons (Fsp3) is 0.200. The van der Waals surface area contributed by atoms with E-state index in [2.05, 4.69) is 5.08 Å². The van der Waals surface area contributed by atoms with Crippen LogP contribution in [0, 0.1) is 5.39 Å². The summed E-state index contributed by atoms with van der Waals surface area (Å²) in [7, 11) is 0. The lowest BCUT2D eigenvalue weighted by Crippen LogP contribution is -2.07. The molecule has 0 aliphatic carbocycles. The van der Waals surface area contributed by atoms with E-state index in [1.54, 1.807) is 6.20 Å². The highest BCUT2D eigenvalue weighted by Crippen LogP contribution is 1.96. The van der Waals surface area contributed by atoms with Crippen molar-refractivity contribution in [2.75, 3.05) is 6.54 Å². The Bertz CT molecular complexity index is 163. The van der Waals surface area contributed by atoms with E-state index in [-0.39, 0.29) is 0 Å². The number of allylic oxidation sites excluding steroid dienone is 2. The second-order valence-corrected chi connectivity index (χ2v) is 1.48. The Labute approximate surface area is 47.5 Å². The van der Waals surface area contributed by atoms with Crippen LogP contribution in [0.15, 0.2) is 24.4 Å². The highest BCUT2D eigenvalue weighted by molar-refractivity contribution is 5.08. The molecule has 40 valence electrons. The van der Waals surface area contributed by atoms with Gasteiger partial charge in [-0.3, -0.25) is 0 Å². The second-order valence-electron chi connectivity index (χ2n) is 1.48. The van der Waals surface area contributed by atoms with E-state index >= 15 is 0 Å². The van der Waals surface area contributed by atoms with Crippen molar-refractivity contribution < 1.29 is 0 Å². The summed E-state index contributed by atoms with van der Waals surface area (Å²) in [6.07, 6.45) is 7.31. The van der Waals surface area contributed by atoms with Crippen molar-refractivity contribution in [1.82, 2.24) is 5.01 Å². The maximum absolute atomic E-state index is 8.16. The minimum atomic E-state index is 0.660. The number of hydrogen-bond acceptors (Lipinski definition) is 2. The zero-order chi connectivity index (χ0) is 5.82. The van der Waals surface area contributed by atoms with Crippen LogP contribution in [0.2, 0.25) is 0 Å². The van der Waals surface area contributed by atoms with Crippen LogP contribution in [-0.4, -0.2) is 11.6 Å². The summed E-state index contributed by atoms with van der Waals surface area (Å²) < 4.78 is 0. The third-order valence-electron chi connectivity index (χ3n) is 0.913. The third-order valence-corrected chi connectivity index (χ3v) is 0.913. The normalized spacial score (nSPS) is 16.1. The molecule has 0 unspecified atom stereocenters. The molecule has 0 aromatic carbocycles. The van der Waals surface area contributed by atoms with E-state index in [0.29, 0.717) is 6.54 Å². The molecule has 1 aliphatic rings. The van der Waals surface area contributed by atoms with Gasteiger partial charge in [-0.25, -0.2) is 0 Å². The van der Waals surface area contributed by atoms with Crippen LogP contribution >= 0.6 is 0 Å². The van der Waals surface area contributed by atoms with Gasteiger partial charge < -0.3 is 0 Å². The summed E-state index contributed by atoms with van der Waals surface area (Å²) >= 11 is 0. The Balaban J connectivity index is 2.55. The summed E-state index contributed by atoms with van der Waals surface area (Å²) in [6.45, 7) is 0.660.